The Kier molecular flexibility index (Phi) is 9.37. The predicted molar refractivity (Wildman–Crippen MR) is 259 cm³/mol. The van der Waals surface area contributed by atoms with Gasteiger partial charge in [0.05, 0.1) is 16.9 Å². The van der Waals surface area contributed by atoms with Crippen LogP contribution in [-0.2, 0) is 10.8 Å². The van der Waals surface area contributed by atoms with Crippen LogP contribution < -0.4 is 0 Å². The van der Waals surface area contributed by atoms with E-state index in [4.69, 9.17) is 0 Å². The minimum Gasteiger partial charge on any atom is -0.282 e. The largest absolute Gasteiger partial charge is 0.282 e. The van der Waals surface area contributed by atoms with Crippen LogP contribution in [-0.4, -0.2) is 18.0 Å². The summed E-state index contributed by atoms with van der Waals surface area (Å²) >= 11 is 0. The lowest BCUT2D eigenvalue weighted by Gasteiger charge is -2.52. The van der Waals surface area contributed by atoms with Gasteiger partial charge in [-0.05, 0) is 132 Å². The van der Waals surface area contributed by atoms with Crippen molar-refractivity contribution in [3.05, 3.63) is 231 Å². The highest BCUT2D eigenvalue weighted by Crippen LogP contribution is 2.69. The molecule has 6 aromatic carbocycles. The molecule has 4 aliphatic carbocycles. The van der Waals surface area contributed by atoms with Gasteiger partial charge < -0.3 is 0 Å². The van der Waals surface area contributed by atoms with Gasteiger partial charge in [-0.2, -0.15) is 0 Å². The van der Waals surface area contributed by atoms with Crippen LogP contribution in [0, 0.1) is 23.7 Å². The highest BCUT2D eigenvalue weighted by molar-refractivity contribution is 5.92. The lowest BCUT2D eigenvalue weighted by molar-refractivity contribution is 0.177. The quantitative estimate of drug-likeness (QED) is 0.120. The van der Waals surface area contributed by atoms with Crippen molar-refractivity contribution in [3.8, 4) is 34.1 Å². The molecule has 304 valence electrons. The molecule has 0 N–H and O–H groups in total. The van der Waals surface area contributed by atoms with Gasteiger partial charge in [-0.15, -0.1) is 0 Å². The number of likely N-dealkylation sites (N-methyl/N-ethyl adjacent to an activating group) is 1. The van der Waals surface area contributed by atoms with Gasteiger partial charge in [0, 0.05) is 12.0 Å². The van der Waals surface area contributed by atoms with Crippen LogP contribution in [0.25, 0.3) is 27.8 Å². The number of hydrogen-bond acceptors (Lipinski definition) is 1. The smallest absolute Gasteiger partial charge is 0.0973 e. The van der Waals surface area contributed by atoms with Gasteiger partial charge in [-0.1, -0.05) is 205 Å². The van der Waals surface area contributed by atoms with Gasteiger partial charge in [0.15, 0.2) is 0 Å². The fourth-order valence-electron chi connectivity index (χ4n) is 13.2. The molecule has 1 nitrogen and oxygen atoms in total. The van der Waals surface area contributed by atoms with Gasteiger partial charge in [0.2, 0.25) is 0 Å². The van der Waals surface area contributed by atoms with E-state index in [2.05, 4.69) is 221 Å². The van der Waals surface area contributed by atoms with E-state index in [9.17, 15) is 0 Å². The van der Waals surface area contributed by atoms with Crippen molar-refractivity contribution in [1.82, 2.24) is 4.90 Å². The van der Waals surface area contributed by atoms with Crippen molar-refractivity contribution in [2.75, 3.05) is 7.05 Å². The van der Waals surface area contributed by atoms with Gasteiger partial charge in [0.25, 0.3) is 0 Å². The Labute approximate surface area is 369 Å². The van der Waals surface area contributed by atoms with Gasteiger partial charge in [0.1, 0.15) is 0 Å². The molecule has 1 aliphatic heterocycles. The zero-order chi connectivity index (χ0) is 42.2. The Hall–Kier alpha value is -6.20. The van der Waals surface area contributed by atoms with E-state index in [1.807, 2.05) is 0 Å². The van der Waals surface area contributed by atoms with Crippen LogP contribution in [0.4, 0.5) is 0 Å². The maximum atomic E-state index is 3.82. The molecule has 0 bridgehead atoms. The maximum Gasteiger partial charge on any atom is 0.0973 e. The van der Waals surface area contributed by atoms with Crippen LogP contribution in [0.5, 0.6) is 0 Å². The summed E-state index contributed by atoms with van der Waals surface area (Å²) in [5.74, 6) is 7.99. The zero-order valence-electron chi connectivity index (χ0n) is 36.8. The first kappa shape index (κ1) is 38.7. The zero-order valence-corrected chi connectivity index (χ0v) is 36.8. The van der Waals surface area contributed by atoms with Crippen LogP contribution in [0.3, 0.4) is 0 Å². The van der Waals surface area contributed by atoms with Crippen LogP contribution in [0.15, 0.2) is 198 Å². The molecular weight excluding hydrogens is 747 g/mol. The lowest BCUT2D eigenvalue weighted by Crippen LogP contribution is -2.45. The topological polar surface area (TPSA) is 3.24 Å². The Morgan fingerprint density at radius 2 is 1.13 bits per heavy atom. The summed E-state index contributed by atoms with van der Waals surface area (Å²) in [6.45, 7) is 9.78. The second kappa shape index (κ2) is 15.0. The minimum atomic E-state index is -0.388. The lowest BCUT2D eigenvalue weighted by atomic mass is 9.50. The molecule has 0 fully saturated rings. The Balaban J connectivity index is 1.13. The summed E-state index contributed by atoms with van der Waals surface area (Å²) in [5.41, 5.74) is 22.1. The first-order valence-electron chi connectivity index (χ1n) is 22.9. The molecule has 5 aliphatic rings. The monoisotopic (exact) mass is 801 g/mol. The second-order valence-electron chi connectivity index (χ2n) is 18.5. The summed E-state index contributed by atoms with van der Waals surface area (Å²) in [5, 5.41) is 0. The molecule has 0 aromatic heterocycles. The van der Waals surface area contributed by atoms with Crippen molar-refractivity contribution in [2.24, 2.45) is 11.8 Å². The van der Waals surface area contributed by atoms with E-state index in [1.54, 1.807) is 11.1 Å². The normalized spacial score (nSPS) is 23.1. The van der Waals surface area contributed by atoms with E-state index < -0.39 is 0 Å². The second-order valence-corrected chi connectivity index (χ2v) is 18.5. The van der Waals surface area contributed by atoms with Crippen LogP contribution >= 0.6 is 0 Å². The number of nitrogens with zero attached hydrogens (tertiary/aromatic N) is 1. The van der Waals surface area contributed by atoms with E-state index in [-0.39, 0.29) is 28.8 Å². The van der Waals surface area contributed by atoms with E-state index in [1.165, 1.54) is 77.9 Å². The number of hydrogen-bond donors (Lipinski definition) is 0. The molecule has 1 heterocycles. The summed E-state index contributed by atoms with van der Waals surface area (Å²) in [6.07, 6.45) is 9.13. The minimum absolute atomic E-state index is 0.0104. The van der Waals surface area contributed by atoms with E-state index in [0.29, 0.717) is 5.92 Å². The SMILES string of the molecule is CC1=C(CCC(C)C2/C(C)=C(/c3ccccc3)C(C)C#CC(c3ccccc3)N2C)C2(C3=C(CCC=C3)C13c1ccccc1-c1ccccc13)c1ccccc1-c1ccccc12. The van der Waals surface area contributed by atoms with Crippen molar-refractivity contribution >= 4 is 5.57 Å². The predicted octanol–water partition coefficient (Wildman–Crippen LogP) is 14.5. The maximum absolute atomic E-state index is 3.82. The fourth-order valence-corrected chi connectivity index (χ4v) is 13.2. The molecule has 4 atom stereocenters. The first-order valence-corrected chi connectivity index (χ1v) is 22.9. The fraction of sp³-hybridized carbons (Fsp3) is 0.246. The van der Waals surface area contributed by atoms with Crippen molar-refractivity contribution in [3.63, 3.8) is 0 Å². The van der Waals surface area contributed by atoms with Gasteiger partial charge >= 0.3 is 0 Å². The molecule has 4 unspecified atom stereocenters. The van der Waals surface area contributed by atoms with Crippen LogP contribution in [0.1, 0.15) is 92.8 Å². The van der Waals surface area contributed by atoms with Gasteiger partial charge in [-0.3, -0.25) is 4.90 Å². The summed E-state index contributed by atoms with van der Waals surface area (Å²) in [6, 6.07) is 59.6. The average molecular weight is 802 g/mol. The Bertz CT molecular complexity index is 2850. The average Bonchev–Trinajstić information content (AvgIpc) is 3.78. The molecule has 0 radical (unpaired) electrons. The third-order valence-electron chi connectivity index (χ3n) is 15.6. The molecule has 1 heteroatoms. The molecule has 6 aromatic rings. The summed E-state index contributed by atoms with van der Waals surface area (Å²) in [4.78, 5) is 2.60. The van der Waals surface area contributed by atoms with Crippen LogP contribution in [0.2, 0.25) is 0 Å². The Morgan fingerprint density at radius 3 is 1.69 bits per heavy atom. The number of rotatable bonds is 6. The third-order valence-corrected chi connectivity index (χ3v) is 15.6. The van der Waals surface area contributed by atoms with Crippen molar-refractivity contribution in [1.29, 1.82) is 0 Å². The number of fused-ring (bicyclic) bond motifs is 12. The van der Waals surface area contributed by atoms with E-state index in [0.717, 1.165) is 25.7 Å². The van der Waals surface area contributed by atoms with E-state index >= 15 is 0 Å². The Morgan fingerprint density at radius 1 is 0.629 bits per heavy atom. The first-order chi connectivity index (χ1) is 30.4. The summed E-state index contributed by atoms with van der Waals surface area (Å²) in [7, 11) is 2.33. The molecule has 0 saturated carbocycles. The number of allylic oxidation sites excluding steroid dienone is 7. The molecule has 0 amide bonds. The molecule has 11 rings (SSSR count). The molecular formula is C61H55N. The highest BCUT2D eigenvalue weighted by atomic mass is 15.2. The molecule has 2 spiro atoms. The third kappa shape index (κ3) is 5.39. The summed E-state index contributed by atoms with van der Waals surface area (Å²) < 4.78 is 0. The number of benzene rings is 6. The molecule has 62 heavy (non-hydrogen) atoms. The standard InChI is InChI=1S/C61H55N/c1-40-37-39-57(44-22-8-6-9-23-44)62(5)59(42(3)58(40)45-24-10-7-11-25-45)41(2)36-38-50-43(4)60(51-30-16-12-26-46(51)47-27-13-17-31-52(47)60)55-34-20-21-35-56(55)61(50)53-32-18-14-28-48(53)49-29-15-19-33-54(49)61/h6-19,21-33,35,40-41,57,59H,20,34,36,38H2,1-5H3/b58-42+. The van der Waals surface area contributed by atoms with Crippen molar-refractivity contribution in [2.45, 2.75) is 76.3 Å². The molecule has 0 saturated heterocycles. The van der Waals surface area contributed by atoms with Gasteiger partial charge in [-0.25, -0.2) is 0 Å². The highest BCUT2D eigenvalue weighted by Gasteiger charge is 2.59. The van der Waals surface area contributed by atoms with Crippen molar-refractivity contribution < 1.29 is 0 Å².